The second kappa shape index (κ2) is 10.5. The van der Waals surface area contributed by atoms with E-state index in [1.165, 1.54) is 11.6 Å². The van der Waals surface area contributed by atoms with Crippen LogP contribution in [0.4, 0.5) is 4.39 Å². The average molecular weight is 427 g/mol. The predicted octanol–water partition coefficient (Wildman–Crippen LogP) is 7.54. The first-order valence-corrected chi connectivity index (χ1v) is 10.8. The molecule has 0 saturated heterocycles. The van der Waals surface area contributed by atoms with Crippen LogP contribution in [0.5, 0.6) is 17.2 Å². The molecule has 158 valence electrons. The highest BCUT2D eigenvalue weighted by molar-refractivity contribution is 6.18. The van der Waals surface area contributed by atoms with Crippen LogP contribution in [0.25, 0.3) is 0 Å². The minimum absolute atomic E-state index is 0.0361. The Bertz CT molecular complexity index is 924. The van der Waals surface area contributed by atoms with E-state index >= 15 is 0 Å². The summed E-state index contributed by atoms with van der Waals surface area (Å²) in [4.78, 5) is 0. The monoisotopic (exact) mass is 426 g/mol. The third kappa shape index (κ3) is 6.24. The van der Waals surface area contributed by atoms with Crippen LogP contribution in [0.1, 0.15) is 37.8 Å². The van der Waals surface area contributed by atoms with Crippen molar-refractivity contribution >= 4 is 11.6 Å². The molecule has 0 N–H and O–H groups in total. The molecule has 0 aromatic heterocycles. The molecule has 3 aromatic carbocycles. The molecule has 0 spiro atoms. The van der Waals surface area contributed by atoms with E-state index in [4.69, 9.17) is 21.1 Å². The van der Waals surface area contributed by atoms with Crippen LogP contribution in [-0.4, -0.2) is 12.5 Å². The first-order chi connectivity index (χ1) is 14.5. The van der Waals surface area contributed by atoms with Gasteiger partial charge in [0.05, 0.1) is 5.88 Å². The molecule has 3 aromatic rings. The Balaban J connectivity index is 1.58. The van der Waals surface area contributed by atoms with Gasteiger partial charge in [-0.15, -0.1) is 11.6 Å². The molecule has 0 atom stereocenters. The molecule has 0 bridgehead atoms. The molecule has 4 heteroatoms. The Kier molecular flexibility index (Phi) is 7.75. The smallest absolute Gasteiger partial charge is 0.165 e. The number of para-hydroxylation sites is 1. The van der Waals surface area contributed by atoms with Crippen molar-refractivity contribution in [2.24, 2.45) is 0 Å². The predicted molar refractivity (Wildman–Crippen MR) is 122 cm³/mol. The third-order valence-corrected chi connectivity index (χ3v) is 5.37. The fourth-order valence-corrected chi connectivity index (χ4v) is 3.51. The van der Waals surface area contributed by atoms with Gasteiger partial charge in [-0.05, 0) is 72.2 Å². The lowest BCUT2D eigenvalue weighted by Gasteiger charge is -2.25. The van der Waals surface area contributed by atoms with Gasteiger partial charge >= 0.3 is 0 Å². The molecule has 30 heavy (non-hydrogen) atoms. The van der Waals surface area contributed by atoms with Gasteiger partial charge in [0.15, 0.2) is 11.6 Å². The summed E-state index contributed by atoms with van der Waals surface area (Å²) < 4.78 is 25.4. The number of aryl methyl sites for hydroxylation is 1. The van der Waals surface area contributed by atoms with Gasteiger partial charge in [0.25, 0.3) is 0 Å². The van der Waals surface area contributed by atoms with E-state index in [1.807, 2.05) is 48.5 Å². The van der Waals surface area contributed by atoms with E-state index < -0.39 is 0 Å². The van der Waals surface area contributed by atoms with Gasteiger partial charge in [-0.1, -0.05) is 50.2 Å². The summed E-state index contributed by atoms with van der Waals surface area (Å²) in [6.07, 6.45) is 2.88. The fraction of sp³-hybridized carbons (Fsp3) is 0.308. The first-order valence-electron chi connectivity index (χ1n) is 10.3. The number of alkyl halides is 1. The molecule has 0 saturated carbocycles. The van der Waals surface area contributed by atoms with E-state index in [1.54, 1.807) is 6.07 Å². The lowest BCUT2D eigenvalue weighted by molar-refractivity contribution is 0.342. The normalized spacial score (nSPS) is 11.3. The van der Waals surface area contributed by atoms with E-state index in [0.29, 0.717) is 18.2 Å². The van der Waals surface area contributed by atoms with Crippen LogP contribution in [0, 0.1) is 5.82 Å². The van der Waals surface area contributed by atoms with Crippen LogP contribution in [0.15, 0.2) is 72.8 Å². The summed E-state index contributed by atoms with van der Waals surface area (Å²) in [6, 6.07) is 22.6. The van der Waals surface area contributed by atoms with Crippen molar-refractivity contribution in [3.63, 3.8) is 0 Å². The summed E-state index contributed by atoms with van der Waals surface area (Å²) >= 11 is 5.67. The summed E-state index contributed by atoms with van der Waals surface area (Å²) in [7, 11) is 0. The molecule has 0 aliphatic heterocycles. The topological polar surface area (TPSA) is 18.5 Å². The minimum Gasteiger partial charge on any atom is -0.492 e. The zero-order chi connectivity index (χ0) is 21.4. The second-order valence-corrected chi connectivity index (χ2v) is 8.36. The Morgan fingerprint density at radius 2 is 1.63 bits per heavy atom. The Morgan fingerprint density at radius 3 is 2.33 bits per heavy atom. The number of hydrogen-bond acceptors (Lipinski definition) is 2. The second-order valence-electron chi connectivity index (χ2n) is 7.98. The average Bonchev–Trinajstić information content (AvgIpc) is 2.75. The van der Waals surface area contributed by atoms with E-state index in [0.717, 1.165) is 30.6 Å². The highest BCUT2D eigenvalue weighted by Gasteiger charge is 2.20. The van der Waals surface area contributed by atoms with E-state index in [-0.39, 0.29) is 17.0 Å². The van der Waals surface area contributed by atoms with Gasteiger partial charge in [0, 0.05) is 0 Å². The molecule has 0 fully saturated rings. The zero-order valence-electron chi connectivity index (χ0n) is 17.5. The van der Waals surface area contributed by atoms with Gasteiger partial charge in [-0.3, -0.25) is 0 Å². The zero-order valence-corrected chi connectivity index (χ0v) is 18.3. The highest BCUT2D eigenvalue weighted by atomic mass is 35.5. The van der Waals surface area contributed by atoms with Crippen molar-refractivity contribution in [3.05, 3.63) is 89.7 Å². The molecule has 0 heterocycles. The van der Waals surface area contributed by atoms with Crippen LogP contribution in [-0.2, 0) is 11.8 Å². The maximum atomic E-state index is 14.2. The molecule has 3 rings (SSSR count). The maximum Gasteiger partial charge on any atom is 0.165 e. The van der Waals surface area contributed by atoms with E-state index in [9.17, 15) is 4.39 Å². The lowest BCUT2D eigenvalue weighted by atomic mass is 9.80. The summed E-state index contributed by atoms with van der Waals surface area (Å²) in [5.74, 6) is 1.87. The molecule has 0 amide bonds. The van der Waals surface area contributed by atoms with Crippen molar-refractivity contribution in [3.8, 4) is 17.2 Å². The number of halogens is 2. The number of rotatable bonds is 10. The van der Waals surface area contributed by atoms with Gasteiger partial charge in [-0.25, -0.2) is 4.39 Å². The van der Waals surface area contributed by atoms with Gasteiger partial charge in [-0.2, -0.15) is 0 Å². The van der Waals surface area contributed by atoms with Crippen molar-refractivity contribution in [1.29, 1.82) is 0 Å². The quantitative estimate of drug-likeness (QED) is 0.312. The van der Waals surface area contributed by atoms with E-state index in [2.05, 4.69) is 26.0 Å². The minimum atomic E-state index is -0.348. The van der Waals surface area contributed by atoms with Gasteiger partial charge < -0.3 is 9.47 Å². The summed E-state index contributed by atoms with van der Waals surface area (Å²) in [6.45, 7) is 5.00. The summed E-state index contributed by atoms with van der Waals surface area (Å²) in [5, 5.41) is 0. The van der Waals surface area contributed by atoms with Crippen LogP contribution >= 0.6 is 11.6 Å². The largest absolute Gasteiger partial charge is 0.492 e. The molecule has 2 nitrogen and oxygen atoms in total. The van der Waals surface area contributed by atoms with Crippen molar-refractivity contribution in [2.45, 2.75) is 38.5 Å². The SMILES string of the molecule is CC(C)(CCCc1ccc(F)c(Oc2ccccc2)c1)c1ccc(OCCCl)cc1. The Morgan fingerprint density at radius 1 is 0.900 bits per heavy atom. The standard InChI is InChI=1S/C26H28ClFO2/c1-26(2,21-11-13-22(14-12-21)29-18-17-27)16-6-7-20-10-15-24(28)25(19-20)30-23-8-4-3-5-9-23/h3-5,8-15,19H,6-7,16-18H2,1-2H3. The lowest BCUT2D eigenvalue weighted by Crippen LogP contribution is -2.17. The summed E-state index contributed by atoms with van der Waals surface area (Å²) in [5.41, 5.74) is 2.38. The fourth-order valence-electron chi connectivity index (χ4n) is 3.43. The van der Waals surface area contributed by atoms with Crippen molar-refractivity contribution in [2.75, 3.05) is 12.5 Å². The molecule has 0 unspecified atom stereocenters. The number of hydrogen-bond donors (Lipinski definition) is 0. The Hall–Kier alpha value is -2.52. The molecule has 0 aliphatic rings. The van der Waals surface area contributed by atoms with Crippen molar-refractivity contribution < 1.29 is 13.9 Å². The van der Waals surface area contributed by atoms with Gasteiger partial charge in [0.2, 0.25) is 0 Å². The number of ether oxygens (including phenoxy) is 2. The Labute approximate surface area is 183 Å². The maximum absolute atomic E-state index is 14.2. The van der Waals surface area contributed by atoms with Crippen molar-refractivity contribution in [1.82, 2.24) is 0 Å². The van der Waals surface area contributed by atoms with Crippen LogP contribution in [0.3, 0.4) is 0 Å². The molecule has 0 aliphatic carbocycles. The highest BCUT2D eigenvalue weighted by Crippen LogP contribution is 2.31. The van der Waals surface area contributed by atoms with Gasteiger partial charge in [0.1, 0.15) is 18.1 Å². The molecule has 0 radical (unpaired) electrons. The molecular weight excluding hydrogens is 399 g/mol. The number of benzene rings is 3. The van der Waals surface area contributed by atoms with Crippen LogP contribution < -0.4 is 9.47 Å². The van der Waals surface area contributed by atoms with Crippen LogP contribution in [0.2, 0.25) is 0 Å². The first kappa shape index (κ1) is 22.2. The molecular formula is C26H28ClFO2. The third-order valence-electron chi connectivity index (χ3n) is 5.22.